The van der Waals surface area contributed by atoms with Crippen molar-refractivity contribution in [3.63, 3.8) is 0 Å². The Balaban J connectivity index is 1.12. The van der Waals surface area contributed by atoms with Gasteiger partial charge in [-0.25, -0.2) is 15.0 Å². The Labute approximate surface area is 273 Å². The highest BCUT2D eigenvalue weighted by atomic mass is 28.3. The molecule has 6 heteroatoms. The summed E-state index contributed by atoms with van der Waals surface area (Å²) in [6.07, 6.45) is 0. The average molecular weight is 624 g/mol. The van der Waals surface area contributed by atoms with Gasteiger partial charge in [-0.1, -0.05) is 116 Å². The number of aromatic nitrogens is 3. The molecule has 47 heavy (non-hydrogen) atoms. The molecule has 2 aromatic heterocycles. The maximum absolute atomic E-state index is 6.45. The number of rotatable bonds is 4. The second-order valence-corrected chi connectivity index (χ2v) is 16.8. The van der Waals surface area contributed by atoms with Crippen LogP contribution in [0.2, 0.25) is 13.1 Å². The fraction of sp³-hybridized carbons (Fsp3) is 0.0488. The quantitative estimate of drug-likeness (QED) is 0.183. The Morgan fingerprint density at radius 2 is 1.00 bits per heavy atom. The second kappa shape index (κ2) is 10.6. The van der Waals surface area contributed by atoms with Crippen LogP contribution in [-0.2, 0) is 0 Å². The molecule has 0 amide bonds. The normalized spacial score (nSPS) is 13.2. The lowest BCUT2D eigenvalue weighted by molar-refractivity contribution is 0.487. The van der Waals surface area contributed by atoms with Crippen molar-refractivity contribution in [2.45, 2.75) is 13.1 Å². The van der Waals surface area contributed by atoms with E-state index >= 15 is 0 Å². The maximum atomic E-state index is 6.45. The Kier molecular flexibility index (Phi) is 6.20. The van der Waals surface area contributed by atoms with Crippen molar-refractivity contribution >= 4 is 40.4 Å². The van der Waals surface area contributed by atoms with E-state index in [4.69, 9.17) is 24.1 Å². The van der Waals surface area contributed by atoms with Crippen LogP contribution in [0.3, 0.4) is 0 Å². The van der Waals surface area contributed by atoms with Gasteiger partial charge in [0.15, 0.2) is 17.5 Å². The third-order valence-electron chi connectivity index (χ3n) is 9.20. The lowest BCUT2D eigenvalue weighted by Gasteiger charge is -2.33. The van der Waals surface area contributed by atoms with Gasteiger partial charge in [0.05, 0.1) is 0 Å². The third-order valence-corrected chi connectivity index (χ3v) is 12.7. The molecule has 0 N–H and O–H groups in total. The van der Waals surface area contributed by atoms with Crippen LogP contribution < -0.4 is 15.1 Å². The molecule has 0 radical (unpaired) electrons. The minimum Gasteiger partial charge on any atom is -0.458 e. The predicted octanol–water partition coefficient (Wildman–Crippen LogP) is 9.37. The van der Waals surface area contributed by atoms with Crippen LogP contribution in [0.25, 0.3) is 67.2 Å². The highest BCUT2D eigenvalue weighted by Crippen LogP contribution is 2.37. The summed E-state index contributed by atoms with van der Waals surface area (Å²) >= 11 is 0. The van der Waals surface area contributed by atoms with Crippen molar-refractivity contribution in [3.8, 4) is 56.8 Å². The minimum absolute atomic E-state index is 0.600. The van der Waals surface area contributed by atoms with Gasteiger partial charge < -0.3 is 9.15 Å². The third kappa shape index (κ3) is 4.65. The zero-order valence-electron chi connectivity index (χ0n) is 25.9. The summed E-state index contributed by atoms with van der Waals surface area (Å²) in [5.41, 5.74) is 6.60. The van der Waals surface area contributed by atoms with Crippen LogP contribution in [0.1, 0.15) is 0 Å². The van der Waals surface area contributed by atoms with Crippen LogP contribution in [0, 0.1) is 0 Å². The van der Waals surface area contributed by atoms with Crippen molar-refractivity contribution in [1.82, 2.24) is 15.0 Å². The molecule has 0 saturated carbocycles. The van der Waals surface area contributed by atoms with Gasteiger partial charge in [0.1, 0.15) is 30.7 Å². The SMILES string of the molecule is C[Si]1(C)c2ccccc2Oc2cc(-c3ccc4oc5cc(-c6nc(-c7ccccc7)nc(-c7ccccc7)n6)ccc5c4c3)ccc21. The maximum Gasteiger partial charge on any atom is 0.164 e. The van der Waals surface area contributed by atoms with Gasteiger partial charge in [0, 0.05) is 27.5 Å². The fourth-order valence-corrected chi connectivity index (χ4v) is 9.46. The highest BCUT2D eigenvalue weighted by Gasteiger charge is 2.36. The van der Waals surface area contributed by atoms with Crippen molar-refractivity contribution in [1.29, 1.82) is 0 Å². The highest BCUT2D eigenvalue weighted by molar-refractivity contribution is 7.01. The van der Waals surface area contributed by atoms with E-state index < -0.39 is 8.07 Å². The standard InChI is InChI=1S/C41H29N3O2Si/c1-47(2)37-16-10-9-15-34(37)46-36-24-29(19-22-38(36)47)28-18-21-33-32(23-28)31-20-17-30(25-35(31)45-33)41-43-39(26-11-5-3-6-12-26)42-40(44-41)27-13-7-4-8-14-27/h3-25H,1-2H3. The second-order valence-electron chi connectivity index (χ2n) is 12.5. The molecule has 0 bridgehead atoms. The van der Waals surface area contributed by atoms with E-state index in [9.17, 15) is 0 Å². The number of furan rings is 1. The molecule has 3 heterocycles. The van der Waals surface area contributed by atoms with Gasteiger partial charge in [-0.05, 0) is 57.9 Å². The van der Waals surface area contributed by atoms with Crippen LogP contribution >= 0.6 is 0 Å². The Hall–Kier alpha value is -5.85. The molecule has 0 unspecified atom stereocenters. The average Bonchev–Trinajstić information content (AvgIpc) is 3.49. The number of para-hydroxylation sites is 1. The molecule has 1 aliphatic rings. The predicted molar refractivity (Wildman–Crippen MR) is 192 cm³/mol. The summed E-state index contributed by atoms with van der Waals surface area (Å²) in [5, 5.41) is 4.78. The Bertz CT molecular complexity index is 2410. The smallest absolute Gasteiger partial charge is 0.164 e. The first-order valence-corrected chi connectivity index (χ1v) is 18.8. The summed E-state index contributed by atoms with van der Waals surface area (Å²) < 4.78 is 12.8. The Morgan fingerprint density at radius 1 is 0.426 bits per heavy atom. The van der Waals surface area contributed by atoms with E-state index in [1.54, 1.807) is 0 Å². The summed E-state index contributed by atoms with van der Waals surface area (Å²) in [6.45, 7) is 4.79. The number of ether oxygens (including phenoxy) is 1. The largest absolute Gasteiger partial charge is 0.458 e. The Morgan fingerprint density at radius 3 is 1.72 bits per heavy atom. The number of nitrogens with zero attached hydrogens (tertiary/aromatic N) is 3. The topological polar surface area (TPSA) is 61.0 Å². The first-order chi connectivity index (χ1) is 23.0. The fourth-order valence-electron chi connectivity index (χ4n) is 6.67. The molecule has 0 fully saturated rings. The van der Waals surface area contributed by atoms with E-state index in [0.29, 0.717) is 17.5 Å². The minimum atomic E-state index is -1.86. The van der Waals surface area contributed by atoms with Gasteiger partial charge in [-0.3, -0.25) is 0 Å². The molecule has 6 aromatic carbocycles. The summed E-state index contributed by atoms with van der Waals surface area (Å²) in [6, 6.07) is 47.8. The number of benzene rings is 6. The first-order valence-electron chi connectivity index (χ1n) is 15.8. The monoisotopic (exact) mass is 623 g/mol. The van der Waals surface area contributed by atoms with E-state index in [1.165, 1.54) is 10.4 Å². The van der Waals surface area contributed by atoms with E-state index in [0.717, 1.165) is 61.3 Å². The van der Waals surface area contributed by atoms with Gasteiger partial charge in [0.25, 0.3) is 0 Å². The molecule has 1 aliphatic heterocycles. The van der Waals surface area contributed by atoms with Gasteiger partial charge in [0.2, 0.25) is 0 Å². The summed E-state index contributed by atoms with van der Waals surface area (Å²) in [4.78, 5) is 14.6. The molecule has 0 aliphatic carbocycles. The number of hydrogen-bond donors (Lipinski definition) is 0. The lowest BCUT2D eigenvalue weighted by atomic mass is 10.0. The van der Waals surface area contributed by atoms with Crippen molar-refractivity contribution < 1.29 is 9.15 Å². The molecular formula is C41H29N3O2Si. The molecule has 8 aromatic rings. The van der Waals surface area contributed by atoms with E-state index in [2.05, 4.69) is 79.8 Å². The van der Waals surface area contributed by atoms with Crippen LogP contribution in [0.4, 0.5) is 0 Å². The molecule has 224 valence electrons. The lowest BCUT2D eigenvalue weighted by Crippen LogP contribution is -2.55. The van der Waals surface area contributed by atoms with Crippen LogP contribution in [0.15, 0.2) is 144 Å². The zero-order chi connectivity index (χ0) is 31.5. The molecule has 0 saturated heterocycles. The molecule has 0 spiro atoms. The zero-order valence-corrected chi connectivity index (χ0v) is 26.9. The molecule has 0 atom stereocenters. The van der Waals surface area contributed by atoms with Crippen LogP contribution in [0.5, 0.6) is 11.5 Å². The van der Waals surface area contributed by atoms with Crippen molar-refractivity contribution in [2.75, 3.05) is 0 Å². The molecule has 9 rings (SSSR count). The van der Waals surface area contributed by atoms with Crippen LogP contribution in [-0.4, -0.2) is 23.0 Å². The first kappa shape index (κ1) is 27.5. The number of hydrogen-bond acceptors (Lipinski definition) is 5. The van der Waals surface area contributed by atoms with Gasteiger partial charge >= 0.3 is 0 Å². The summed E-state index contributed by atoms with van der Waals surface area (Å²) in [5.74, 6) is 3.80. The molecule has 5 nitrogen and oxygen atoms in total. The van der Waals surface area contributed by atoms with Crippen molar-refractivity contribution in [2.24, 2.45) is 0 Å². The summed E-state index contributed by atoms with van der Waals surface area (Å²) in [7, 11) is -1.86. The molecular weight excluding hydrogens is 595 g/mol. The van der Waals surface area contributed by atoms with Gasteiger partial charge in [-0.2, -0.15) is 0 Å². The van der Waals surface area contributed by atoms with Gasteiger partial charge in [-0.15, -0.1) is 0 Å². The number of fused-ring (bicyclic) bond motifs is 5. The van der Waals surface area contributed by atoms with E-state index in [-0.39, 0.29) is 0 Å². The van der Waals surface area contributed by atoms with E-state index in [1.807, 2.05) is 72.8 Å². The van der Waals surface area contributed by atoms with Crippen molar-refractivity contribution in [3.05, 3.63) is 140 Å².